The summed E-state index contributed by atoms with van der Waals surface area (Å²) in [6, 6.07) is 10.0. The number of nitrogens with one attached hydrogen (secondary N) is 2. The Kier molecular flexibility index (Phi) is 3.40. The Morgan fingerprint density at radius 1 is 1.43 bits per heavy atom. The number of amides is 1. The van der Waals surface area contributed by atoms with E-state index in [1.807, 2.05) is 38.1 Å². The summed E-state index contributed by atoms with van der Waals surface area (Å²) in [5.41, 5.74) is 3.54. The van der Waals surface area contributed by atoms with Crippen molar-refractivity contribution < 1.29 is 4.79 Å². The van der Waals surface area contributed by atoms with Gasteiger partial charge in [-0.1, -0.05) is 18.2 Å². The SMILES string of the molecule is Cc1sc(NC(=O)C2CNc3ccccc32)c(C#N)c1C. The average molecular weight is 297 g/mol. The highest BCUT2D eigenvalue weighted by Gasteiger charge is 2.29. The number of para-hydroxylation sites is 1. The van der Waals surface area contributed by atoms with Crippen molar-refractivity contribution in [3.8, 4) is 6.07 Å². The summed E-state index contributed by atoms with van der Waals surface area (Å²) in [4.78, 5) is 13.6. The van der Waals surface area contributed by atoms with E-state index >= 15 is 0 Å². The molecule has 2 aromatic rings. The van der Waals surface area contributed by atoms with Gasteiger partial charge in [0, 0.05) is 17.1 Å². The summed E-state index contributed by atoms with van der Waals surface area (Å²) in [7, 11) is 0. The van der Waals surface area contributed by atoms with Crippen LogP contribution in [0, 0.1) is 25.2 Å². The summed E-state index contributed by atoms with van der Waals surface area (Å²) in [6.45, 7) is 4.46. The van der Waals surface area contributed by atoms with Gasteiger partial charge in [-0.3, -0.25) is 4.79 Å². The Morgan fingerprint density at radius 3 is 2.95 bits per heavy atom. The summed E-state index contributed by atoms with van der Waals surface area (Å²) < 4.78 is 0. The highest BCUT2D eigenvalue weighted by molar-refractivity contribution is 7.16. The van der Waals surface area contributed by atoms with Crippen LogP contribution in [0.5, 0.6) is 0 Å². The molecule has 0 aliphatic carbocycles. The van der Waals surface area contributed by atoms with Gasteiger partial charge >= 0.3 is 0 Å². The van der Waals surface area contributed by atoms with E-state index in [9.17, 15) is 10.1 Å². The van der Waals surface area contributed by atoms with Gasteiger partial charge in [-0.25, -0.2) is 0 Å². The van der Waals surface area contributed by atoms with E-state index in [-0.39, 0.29) is 11.8 Å². The van der Waals surface area contributed by atoms with Crippen molar-refractivity contribution in [1.29, 1.82) is 5.26 Å². The molecular weight excluding hydrogens is 282 g/mol. The molecule has 0 spiro atoms. The Balaban J connectivity index is 1.86. The third-order valence-corrected chi connectivity index (χ3v) is 5.01. The van der Waals surface area contributed by atoms with E-state index in [1.165, 1.54) is 11.3 Å². The zero-order valence-corrected chi connectivity index (χ0v) is 12.7. The summed E-state index contributed by atoms with van der Waals surface area (Å²) in [6.07, 6.45) is 0. The smallest absolute Gasteiger partial charge is 0.234 e. The Bertz CT molecular complexity index is 757. The standard InChI is InChI=1S/C16H15N3OS/c1-9-10(2)21-16(12(9)7-17)19-15(20)13-8-18-14-6-4-3-5-11(13)14/h3-6,13,18H,8H2,1-2H3,(H,19,20). The molecule has 106 valence electrons. The van der Waals surface area contributed by atoms with Gasteiger partial charge in [0.15, 0.2) is 0 Å². The van der Waals surface area contributed by atoms with E-state index in [2.05, 4.69) is 16.7 Å². The fourth-order valence-corrected chi connectivity index (χ4v) is 3.58. The number of benzene rings is 1. The lowest BCUT2D eigenvalue weighted by Crippen LogP contribution is -2.22. The van der Waals surface area contributed by atoms with E-state index in [4.69, 9.17) is 0 Å². The summed E-state index contributed by atoms with van der Waals surface area (Å²) in [5, 5.41) is 16.1. The van der Waals surface area contributed by atoms with E-state index in [0.29, 0.717) is 17.1 Å². The van der Waals surface area contributed by atoms with Crippen molar-refractivity contribution in [3.05, 3.63) is 45.8 Å². The fraction of sp³-hybridized carbons (Fsp3) is 0.250. The zero-order valence-electron chi connectivity index (χ0n) is 11.9. The predicted octanol–water partition coefficient (Wildman–Crippen LogP) is 3.38. The van der Waals surface area contributed by atoms with Gasteiger partial charge in [0.1, 0.15) is 11.1 Å². The van der Waals surface area contributed by atoms with Crippen molar-refractivity contribution >= 4 is 27.9 Å². The Morgan fingerprint density at radius 2 is 2.19 bits per heavy atom. The first-order valence-electron chi connectivity index (χ1n) is 6.75. The van der Waals surface area contributed by atoms with Crippen LogP contribution in [0.25, 0.3) is 0 Å². The van der Waals surface area contributed by atoms with Crippen LogP contribution < -0.4 is 10.6 Å². The molecule has 1 aliphatic heterocycles. The summed E-state index contributed by atoms with van der Waals surface area (Å²) in [5.74, 6) is -0.277. The molecule has 1 aromatic heterocycles. The quantitative estimate of drug-likeness (QED) is 0.893. The first kappa shape index (κ1) is 13.7. The number of aryl methyl sites for hydroxylation is 1. The highest BCUT2D eigenvalue weighted by Crippen LogP contribution is 2.35. The van der Waals surface area contributed by atoms with Gasteiger partial charge in [0.25, 0.3) is 0 Å². The van der Waals surface area contributed by atoms with Crippen molar-refractivity contribution in [3.63, 3.8) is 0 Å². The maximum absolute atomic E-state index is 12.5. The predicted molar refractivity (Wildman–Crippen MR) is 84.8 cm³/mol. The minimum absolute atomic E-state index is 0.0646. The molecule has 2 heterocycles. The van der Waals surface area contributed by atoms with Crippen LogP contribution in [0.15, 0.2) is 24.3 Å². The largest absolute Gasteiger partial charge is 0.384 e. The maximum Gasteiger partial charge on any atom is 0.234 e. The number of anilines is 2. The van der Waals surface area contributed by atoms with Crippen molar-refractivity contribution in [2.75, 3.05) is 17.2 Å². The Hall–Kier alpha value is -2.32. The molecule has 3 rings (SSSR count). The number of carbonyl (C=O) groups excluding carboxylic acids is 1. The molecule has 1 aromatic carbocycles. The van der Waals surface area contributed by atoms with Crippen LogP contribution in [0.4, 0.5) is 10.7 Å². The third-order valence-electron chi connectivity index (χ3n) is 3.88. The number of rotatable bonds is 2. The lowest BCUT2D eigenvalue weighted by molar-refractivity contribution is -0.117. The number of nitriles is 1. The molecule has 1 atom stereocenters. The third kappa shape index (κ3) is 2.28. The number of thiophene rings is 1. The lowest BCUT2D eigenvalue weighted by Gasteiger charge is -2.10. The molecule has 4 nitrogen and oxygen atoms in total. The number of fused-ring (bicyclic) bond motifs is 1. The molecule has 0 fully saturated rings. The molecule has 5 heteroatoms. The molecule has 21 heavy (non-hydrogen) atoms. The van der Waals surface area contributed by atoms with Gasteiger partial charge in [-0.2, -0.15) is 5.26 Å². The van der Waals surface area contributed by atoms with Crippen molar-refractivity contribution in [1.82, 2.24) is 0 Å². The van der Waals surface area contributed by atoms with Crippen molar-refractivity contribution in [2.45, 2.75) is 19.8 Å². The Labute approximate surface area is 127 Å². The second-order valence-electron chi connectivity index (χ2n) is 5.11. The van der Waals surface area contributed by atoms with Crippen LogP contribution in [0.1, 0.15) is 27.5 Å². The van der Waals surface area contributed by atoms with Crippen LogP contribution in [0.3, 0.4) is 0 Å². The second-order valence-corrected chi connectivity index (χ2v) is 6.33. The van der Waals surface area contributed by atoms with Gasteiger partial charge in [-0.15, -0.1) is 11.3 Å². The van der Waals surface area contributed by atoms with Crippen LogP contribution in [-0.4, -0.2) is 12.5 Å². The van der Waals surface area contributed by atoms with Crippen LogP contribution in [0.2, 0.25) is 0 Å². The molecule has 1 unspecified atom stereocenters. The first-order chi connectivity index (χ1) is 10.1. The molecule has 0 radical (unpaired) electrons. The number of hydrogen-bond acceptors (Lipinski definition) is 4. The van der Waals surface area contributed by atoms with Crippen LogP contribution >= 0.6 is 11.3 Å². The van der Waals surface area contributed by atoms with Gasteiger partial charge in [-0.05, 0) is 31.0 Å². The molecular formula is C16H15N3OS. The molecule has 1 aliphatic rings. The van der Waals surface area contributed by atoms with Gasteiger partial charge in [0.05, 0.1) is 11.5 Å². The fourth-order valence-electron chi connectivity index (χ4n) is 2.57. The highest BCUT2D eigenvalue weighted by atomic mass is 32.1. The van der Waals surface area contributed by atoms with Crippen LogP contribution in [-0.2, 0) is 4.79 Å². The minimum Gasteiger partial charge on any atom is -0.384 e. The minimum atomic E-state index is -0.213. The van der Waals surface area contributed by atoms with E-state index in [1.54, 1.807) is 0 Å². The zero-order chi connectivity index (χ0) is 15.0. The van der Waals surface area contributed by atoms with Gasteiger partial charge < -0.3 is 10.6 Å². The molecule has 0 saturated carbocycles. The van der Waals surface area contributed by atoms with E-state index < -0.39 is 0 Å². The first-order valence-corrected chi connectivity index (χ1v) is 7.57. The maximum atomic E-state index is 12.5. The topological polar surface area (TPSA) is 64.9 Å². The molecule has 0 bridgehead atoms. The molecule has 0 saturated heterocycles. The number of carbonyl (C=O) groups is 1. The average Bonchev–Trinajstić information content (AvgIpc) is 3.01. The molecule has 2 N–H and O–H groups in total. The van der Waals surface area contributed by atoms with E-state index in [0.717, 1.165) is 21.7 Å². The number of hydrogen-bond donors (Lipinski definition) is 2. The van der Waals surface area contributed by atoms with Crippen molar-refractivity contribution in [2.24, 2.45) is 0 Å². The molecule has 1 amide bonds. The second kappa shape index (κ2) is 5.23. The normalized spacial score (nSPS) is 16.0. The van der Waals surface area contributed by atoms with Gasteiger partial charge in [0.2, 0.25) is 5.91 Å². The monoisotopic (exact) mass is 297 g/mol. The lowest BCUT2D eigenvalue weighted by atomic mass is 10.0. The number of nitrogens with zero attached hydrogens (tertiary/aromatic N) is 1. The summed E-state index contributed by atoms with van der Waals surface area (Å²) >= 11 is 1.46.